The summed E-state index contributed by atoms with van der Waals surface area (Å²) in [5, 5.41) is 7.73. The summed E-state index contributed by atoms with van der Waals surface area (Å²) in [5.41, 5.74) is 6.77. The van der Waals surface area contributed by atoms with Gasteiger partial charge in [-0.15, -0.1) is 0 Å². The van der Waals surface area contributed by atoms with Crippen LogP contribution in [0.5, 0.6) is 0 Å². The van der Waals surface area contributed by atoms with Crippen LogP contribution in [0.4, 0.5) is 0 Å². The van der Waals surface area contributed by atoms with Crippen molar-refractivity contribution in [3.63, 3.8) is 0 Å². The van der Waals surface area contributed by atoms with Crippen LogP contribution >= 0.6 is 0 Å². The van der Waals surface area contributed by atoms with Gasteiger partial charge in [0.05, 0.1) is 17.6 Å². The van der Waals surface area contributed by atoms with Crippen molar-refractivity contribution in [1.82, 2.24) is 29.5 Å². The molecule has 7 nitrogen and oxygen atoms in total. The zero-order chi connectivity index (χ0) is 19.3. The molecule has 4 aromatic rings. The average molecular weight is 372 g/mol. The largest absolute Gasteiger partial charge is 0.313 e. The topological polar surface area (TPSA) is 77.1 Å². The Hall–Kier alpha value is -3.32. The number of nitrogens with one attached hydrogen (secondary N) is 1. The van der Waals surface area contributed by atoms with Crippen molar-refractivity contribution in [2.45, 2.75) is 13.3 Å². The molecule has 140 valence electrons. The summed E-state index contributed by atoms with van der Waals surface area (Å²) in [5.74, 6) is 0. The highest BCUT2D eigenvalue weighted by Crippen LogP contribution is 2.23. The number of rotatable bonds is 2. The molecule has 4 aromatic heterocycles. The summed E-state index contributed by atoms with van der Waals surface area (Å²) < 4.78 is 3.35. The molecule has 0 bridgehead atoms. The zero-order valence-electron chi connectivity index (χ0n) is 15.8. The van der Waals surface area contributed by atoms with Crippen molar-refractivity contribution in [3.8, 4) is 11.4 Å². The van der Waals surface area contributed by atoms with Crippen LogP contribution < -0.4 is 10.9 Å². The van der Waals surface area contributed by atoms with E-state index in [9.17, 15) is 4.79 Å². The number of hydrogen-bond acceptors (Lipinski definition) is 5. The average Bonchev–Trinajstić information content (AvgIpc) is 3.09. The van der Waals surface area contributed by atoms with Crippen LogP contribution in [0.1, 0.15) is 17.5 Å². The van der Waals surface area contributed by atoms with Crippen molar-refractivity contribution in [2.24, 2.45) is 7.05 Å². The Kier molecular flexibility index (Phi) is 3.84. The molecule has 0 radical (unpaired) electrons. The van der Waals surface area contributed by atoms with Gasteiger partial charge in [0.25, 0.3) is 5.56 Å². The highest BCUT2D eigenvalue weighted by atomic mass is 16.1. The molecule has 0 aliphatic carbocycles. The summed E-state index contributed by atoms with van der Waals surface area (Å²) in [6, 6.07) is 7.42. The molecule has 28 heavy (non-hydrogen) atoms. The van der Waals surface area contributed by atoms with Gasteiger partial charge in [0.2, 0.25) is 0 Å². The quantitative estimate of drug-likeness (QED) is 0.584. The SMILES string of the molecule is Cc1cc(-c2cc(=O)n3cc(C4=CCNCC4)ccc3n2)nc2cn(C)nc12. The lowest BCUT2D eigenvalue weighted by atomic mass is 10.0. The predicted molar refractivity (Wildman–Crippen MR) is 109 cm³/mol. The van der Waals surface area contributed by atoms with Gasteiger partial charge in [0.1, 0.15) is 16.7 Å². The molecule has 0 fully saturated rings. The van der Waals surface area contributed by atoms with Gasteiger partial charge < -0.3 is 5.32 Å². The summed E-state index contributed by atoms with van der Waals surface area (Å²) in [6.45, 7) is 3.81. The fraction of sp³-hybridized carbons (Fsp3) is 0.238. The number of nitrogens with zero attached hydrogens (tertiary/aromatic N) is 5. The van der Waals surface area contributed by atoms with E-state index < -0.39 is 0 Å². The predicted octanol–water partition coefficient (Wildman–Crippen LogP) is 2.33. The third kappa shape index (κ3) is 2.80. The van der Waals surface area contributed by atoms with Crippen molar-refractivity contribution in [1.29, 1.82) is 0 Å². The number of aromatic nitrogens is 5. The van der Waals surface area contributed by atoms with Crippen LogP contribution in [0.2, 0.25) is 0 Å². The number of fused-ring (bicyclic) bond motifs is 2. The summed E-state index contributed by atoms with van der Waals surface area (Å²) in [7, 11) is 1.87. The fourth-order valence-corrected chi connectivity index (χ4v) is 3.71. The normalized spacial score (nSPS) is 14.6. The summed E-state index contributed by atoms with van der Waals surface area (Å²) in [4.78, 5) is 22.2. The Morgan fingerprint density at radius 2 is 1.96 bits per heavy atom. The molecule has 0 saturated heterocycles. The Balaban J connectivity index is 1.63. The van der Waals surface area contributed by atoms with Gasteiger partial charge in [0, 0.05) is 25.9 Å². The van der Waals surface area contributed by atoms with E-state index in [0.29, 0.717) is 17.0 Å². The second kappa shape index (κ2) is 6.38. The van der Waals surface area contributed by atoms with E-state index in [1.54, 1.807) is 15.1 Å². The summed E-state index contributed by atoms with van der Waals surface area (Å²) in [6.07, 6.45) is 6.89. The van der Waals surface area contributed by atoms with Crippen molar-refractivity contribution in [3.05, 3.63) is 64.2 Å². The highest BCUT2D eigenvalue weighted by Gasteiger charge is 2.12. The molecule has 0 atom stereocenters. The third-order valence-corrected chi connectivity index (χ3v) is 5.13. The zero-order valence-corrected chi connectivity index (χ0v) is 15.8. The molecular formula is C21H20N6O. The molecule has 1 aliphatic rings. The molecule has 0 aromatic carbocycles. The molecule has 0 spiro atoms. The van der Waals surface area contributed by atoms with E-state index in [1.807, 2.05) is 44.6 Å². The minimum Gasteiger partial charge on any atom is -0.313 e. The first-order valence-corrected chi connectivity index (χ1v) is 9.33. The molecule has 5 rings (SSSR count). The minimum absolute atomic E-state index is 0.109. The Labute approximate surface area is 161 Å². The second-order valence-corrected chi connectivity index (χ2v) is 7.17. The van der Waals surface area contributed by atoms with E-state index in [1.165, 1.54) is 5.57 Å². The Bertz CT molecular complexity index is 1310. The molecule has 0 amide bonds. The standard InChI is InChI=1S/C21H20N6O/c1-13-9-16(23-18-12-26(2)25-21(13)18)17-10-20(28)27-11-15(3-4-19(27)24-17)14-5-7-22-8-6-14/h3-5,9-12,22H,6-8H2,1-2H3. The maximum Gasteiger partial charge on any atom is 0.258 e. The third-order valence-electron chi connectivity index (χ3n) is 5.13. The highest BCUT2D eigenvalue weighted by molar-refractivity contribution is 5.80. The molecule has 5 heterocycles. The van der Waals surface area contributed by atoms with Crippen LogP contribution in [0, 0.1) is 6.92 Å². The first kappa shape index (κ1) is 16.8. The van der Waals surface area contributed by atoms with Gasteiger partial charge in [0.15, 0.2) is 0 Å². The number of aryl methyl sites for hydroxylation is 2. The lowest BCUT2D eigenvalue weighted by molar-refractivity contribution is 0.738. The van der Waals surface area contributed by atoms with Gasteiger partial charge in [-0.25, -0.2) is 9.97 Å². The van der Waals surface area contributed by atoms with Crippen LogP contribution in [0.3, 0.4) is 0 Å². The van der Waals surface area contributed by atoms with Gasteiger partial charge >= 0.3 is 0 Å². The second-order valence-electron chi connectivity index (χ2n) is 7.17. The minimum atomic E-state index is -0.109. The van der Waals surface area contributed by atoms with Gasteiger partial charge in [-0.3, -0.25) is 13.9 Å². The van der Waals surface area contributed by atoms with Crippen LogP contribution in [0.15, 0.2) is 47.5 Å². The fourth-order valence-electron chi connectivity index (χ4n) is 3.71. The van der Waals surface area contributed by atoms with Crippen molar-refractivity contribution < 1.29 is 0 Å². The van der Waals surface area contributed by atoms with Gasteiger partial charge in [-0.2, -0.15) is 5.10 Å². The van der Waals surface area contributed by atoms with E-state index in [0.717, 1.165) is 41.7 Å². The first-order chi connectivity index (χ1) is 13.6. The molecule has 7 heteroatoms. The Morgan fingerprint density at radius 1 is 1.11 bits per heavy atom. The molecule has 0 unspecified atom stereocenters. The van der Waals surface area contributed by atoms with Crippen molar-refractivity contribution in [2.75, 3.05) is 13.1 Å². The van der Waals surface area contributed by atoms with E-state index in [2.05, 4.69) is 26.5 Å². The van der Waals surface area contributed by atoms with Gasteiger partial charge in [-0.05, 0) is 54.8 Å². The number of pyridine rings is 2. The van der Waals surface area contributed by atoms with E-state index in [-0.39, 0.29) is 5.56 Å². The van der Waals surface area contributed by atoms with Gasteiger partial charge in [-0.1, -0.05) is 6.08 Å². The maximum atomic E-state index is 12.8. The van der Waals surface area contributed by atoms with E-state index >= 15 is 0 Å². The van der Waals surface area contributed by atoms with E-state index in [4.69, 9.17) is 0 Å². The smallest absolute Gasteiger partial charge is 0.258 e. The Morgan fingerprint density at radius 3 is 2.79 bits per heavy atom. The van der Waals surface area contributed by atoms with Crippen LogP contribution in [0.25, 0.3) is 33.6 Å². The van der Waals surface area contributed by atoms with Crippen LogP contribution in [-0.4, -0.2) is 37.2 Å². The maximum absolute atomic E-state index is 12.8. The number of hydrogen-bond donors (Lipinski definition) is 1. The van der Waals surface area contributed by atoms with Crippen LogP contribution in [-0.2, 0) is 7.05 Å². The lowest BCUT2D eigenvalue weighted by Crippen LogP contribution is -2.20. The molecule has 1 aliphatic heterocycles. The molecule has 1 N–H and O–H groups in total. The summed E-state index contributed by atoms with van der Waals surface area (Å²) >= 11 is 0. The van der Waals surface area contributed by atoms with Crippen molar-refractivity contribution >= 4 is 22.3 Å². The molecule has 0 saturated carbocycles. The lowest BCUT2D eigenvalue weighted by Gasteiger charge is -2.15. The first-order valence-electron chi connectivity index (χ1n) is 9.33. The molecular weight excluding hydrogens is 352 g/mol. The monoisotopic (exact) mass is 372 g/mol.